The lowest BCUT2D eigenvalue weighted by atomic mass is 10.1. The molecular weight excluding hydrogens is 326 g/mol. The molecule has 1 heterocycles. The van der Waals surface area contributed by atoms with Crippen molar-refractivity contribution in [3.63, 3.8) is 0 Å². The largest absolute Gasteiger partial charge is 0.493 e. The summed E-state index contributed by atoms with van der Waals surface area (Å²) in [5.74, 6) is 1.04. The lowest BCUT2D eigenvalue weighted by molar-refractivity contribution is 0.352. The molecule has 0 unspecified atom stereocenters. The van der Waals surface area contributed by atoms with E-state index in [0.717, 1.165) is 42.8 Å². The first kappa shape index (κ1) is 15.0. The van der Waals surface area contributed by atoms with E-state index in [2.05, 4.69) is 33.4 Å². The third-order valence-electron chi connectivity index (χ3n) is 3.44. The van der Waals surface area contributed by atoms with Crippen LogP contribution in [0, 0.1) is 0 Å². The van der Waals surface area contributed by atoms with Gasteiger partial charge < -0.3 is 10.1 Å². The molecule has 0 saturated heterocycles. The van der Waals surface area contributed by atoms with Crippen LogP contribution in [0.2, 0.25) is 0 Å². The van der Waals surface area contributed by atoms with E-state index < -0.39 is 10.8 Å². The first-order chi connectivity index (χ1) is 9.08. The molecule has 0 aliphatic carbocycles. The van der Waals surface area contributed by atoms with Gasteiger partial charge in [0.25, 0.3) is 0 Å². The highest BCUT2D eigenvalue weighted by Crippen LogP contribution is 2.32. The smallest absolute Gasteiger partial charge is 0.127 e. The van der Waals surface area contributed by atoms with Gasteiger partial charge in [0.1, 0.15) is 5.75 Å². The van der Waals surface area contributed by atoms with E-state index in [9.17, 15) is 4.21 Å². The van der Waals surface area contributed by atoms with E-state index in [1.54, 1.807) is 6.26 Å². The Morgan fingerprint density at radius 3 is 3.05 bits per heavy atom. The summed E-state index contributed by atoms with van der Waals surface area (Å²) in [5.41, 5.74) is 2.49. The molecule has 2 atom stereocenters. The minimum atomic E-state index is -0.734. The fourth-order valence-corrected chi connectivity index (χ4v) is 3.17. The van der Waals surface area contributed by atoms with Crippen LogP contribution in [-0.2, 0) is 23.8 Å². The van der Waals surface area contributed by atoms with Crippen molar-refractivity contribution in [1.82, 2.24) is 5.32 Å². The molecule has 1 aromatic carbocycles. The summed E-state index contributed by atoms with van der Waals surface area (Å²) in [6.45, 7) is 4.48. The Labute approximate surface area is 125 Å². The number of hydrogen-bond acceptors (Lipinski definition) is 3. The van der Waals surface area contributed by atoms with Crippen molar-refractivity contribution >= 4 is 26.7 Å². The summed E-state index contributed by atoms with van der Waals surface area (Å²) < 4.78 is 18.1. The Morgan fingerprint density at radius 1 is 1.53 bits per heavy atom. The van der Waals surface area contributed by atoms with Crippen LogP contribution in [0.15, 0.2) is 16.6 Å². The average molecular weight is 346 g/mol. The van der Waals surface area contributed by atoms with Gasteiger partial charge in [-0.2, -0.15) is 0 Å². The van der Waals surface area contributed by atoms with Gasteiger partial charge in [-0.3, -0.25) is 4.21 Å². The van der Waals surface area contributed by atoms with Crippen LogP contribution >= 0.6 is 15.9 Å². The number of hydrogen-bond donors (Lipinski definition) is 1. The van der Waals surface area contributed by atoms with Gasteiger partial charge in [0.2, 0.25) is 0 Å². The number of nitrogens with one attached hydrogen (secondary N) is 1. The van der Waals surface area contributed by atoms with Crippen molar-refractivity contribution in [3.05, 3.63) is 27.7 Å². The van der Waals surface area contributed by atoms with Crippen LogP contribution in [0.4, 0.5) is 0 Å². The third-order valence-corrected chi connectivity index (χ3v) is 5.26. The Kier molecular flexibility index (Phi) is 5.42. The summed E-state index contributed by atoms with van der Waals surface area (Å²) >= 11 is 3.54. The maximum absolute atomic E-state index is 11.3. The predicted molar refractivity (Wildman–Crippen MR) is 83.2 cm³/mol. The monoisotopic (exact) mass is 345 g/mol. The van der Waals surface area contributed by atoms with Gasteiger partial charge in [-0.05, 0) is 30.7 Å². The molecule has 3 nitrogen and oxygen atoms in total. The normalized spacial score (nSPS) is 16.8. The zero-order chi connectivity index (χ0) is 13.8. The maximum Gasteiger partial charge on any atom is 0.127 e. The Bertz CT molecular complexity index is 479. The second-order valence-corrected chi connectivity index (χ2v) is 7.64. The summed E-state index contributed by atoms with van der Waals surface area (Å²) in [5, 5.41) is 3.66. The minimum Gasteiger partial charge on any atom is -0.493 e. The molecule has 0 saturated carbocycles. The molecule has 5 heteroatoms. The van der Waals surface area contributed by atoms with Gasteiger partial charge in [0, 0.05) is 45.3 Å². The molecule has 0 spiro atoms. The minimum absolute atomic E-state index is 0.247. The molecular formula is C14H20BrNO2S. The first-order valence-corrected chi connectivity index (χ1v) is 8.96. The van der Waals surface area contributed by atoms with E-state index in [4.69, 9.17) is 4.74 Å². The molecule has 1 aromatic rings. The quantitative estimate of drug-likeness (QED) is 0.805. The molecule has 0 radical (unpaired) electrons. The first-order valence-electron chi connectivity index (χ1n) is 6.55. The zero-order valence-corrected chi connectivity index (χ0v) is 13.8. The van der Waals surface area contributed by atoms with Gasteiger partial charge in [0.15, 0.2) is 0 Å². The maximum atomic E-state index is 11.3. The third kappa shape index (κ3) is 4.04. The van der Waals surface area contributed by atoms with Crippen molar-refractivity contribution in [3.8, 4) is 5.75 Å². The molecule has 19 heavy (non-hydrogen) atoms. The van der Waals surface area contributed by atoms with Crippen LogP contribution in [0.5, 0.6) is 5.75 Å². The molecule has 1 N–H and O–H groups in total. The fraction of sp³-hybridized carbons (Fsp3) is 0.571. The van der Waals surface area contributed by atoms with Gasteiger partial charge >= 0.3 is 0 Å². The van der Waals surface area contributed by atoms with Gasteiger partial charge in [-0.1, -0.05) is 22.9 Å². The highest BCUT2D eigenvalue weighted by molar-refractivity contribution is 9.10. The van der Waals surface area contributed by atoms with E-state index in [0.29, 0.717) is 0 Å². The molecule has 0 bridgehead atoms. The lowest BCUT2D eigenvalue weighted by Crippen LogP contribution is -2.21. The number of fused-ring (bicyclic) bond motifs is 1. The van der Waals surface area contributed by atoms with Crippen molar-refractivity contribution in [2.45, 2.75) is 31.6 Å². The van der Waals surface area contributed by atoms with Gasteiger partial charge in [0.05, 0.1) is 6.61 Å². The molecule has 0 amide bonds. The van der Waals surface area contributed by atoms with Crippen LogP contribution in [0.25, 0.3) is 0 Å². The summed E-state index contributed by atoms with van der Waals surface area (Å²) in [4.78, 5) is 0. The van der Waals surface area contributed by atoms with Crippen molar-refractivity contribution in [1.29, 1.82) is 0 Å². The zero-order valence-electron chi connectivity index (χ0n) is 11.4. The summed E-state index contributed by atoms with van der Waals surface area (Å²) in [6, 6.07) is 4.24. The number of ether oxygens (including phenoxy) is 1. The van der Waals surface area contributed by atoms with Crippen molar-refractivity contribution in [2.75, 3.05) is 19.4 Å². The fourth-order valence-electron chi connectivity index (χ4n) is 2.17. The standard InChI is InChI=1S/C14H20BrNO2S/c1-10(19(2)17)3-5-16-9-12-8-13(15)7-11-4-6-18-14(11)12/h7-8,10,16H,3-6,9H2,1-2H3/t10-,19+/m1/s1. The van der Waals surface area contributed by atoms with Crippen LogP contribution in [0.3, 0.4) is 0 Å². The second-order valence-electron chi connectivity index (χ2n) is 4.93. The molecule has 2 rings (SSSR count). The van der Waals surface area contributed by atoms with Crippen LogP contribution < -0.4 is 10.1 Å². The lowest BCUT2D eigenvalue weighted by Gasteiger charge is -2.12. The molecule has 0 fully saturated rings. The SMILES string of the molecule is C[C@H](CCNCc1cc(Br)cc2c1OCC2)[S@](C)=O. The molecule has 0 aromatic heterocycles. The Morgan fingerprint density at radius 2 is 2.32 bits per heavy atom. The van der Waals surface area contributed by atoms with Crippen molar-refractivity contribution < 1.29 is 8.95 Å². The van der Waals surface area contributed by atoms with E-state index in [1.807, 2.05) is 6.92 Å². The number of benzene rings is 1. The second kappa shape index (κ2) is 6.86. The van der Waals surface area contributed by atoms with Crippen LogP contribution in [0.1, 0.15) is 24.5 Å². The Balaban J connectivity index is 1.88. The van der Waals surface area contributed by atoms with Crippen LogP contribution in [-0.4, -0.2) is 28.9 Å². The molecule has 106 valence electrons. The highest BCUT2D eigenvalue weighted by atomic mass is 79.9. The summed E-state index contributed by atoms with van der Waals surface area (Å²) in [6.07, 6.45) is 3.69. The molecule has 1 aliphatic rings. The van der Waals surface area contributed by atoms with Gasteiger partial charge in [-0.25, -0.2) is 0 Å². The van der Waals surface area contributed by atoms with E-state index in [1.165, 1.54) is 11.1 Å². The predicted octanol–water partition coefficient (Wildman–Crippen LogP) is 2.63. The summed E-state index contributed by atoms with van der Waals surface area (Å²) in [7, 11) is -0.734. The highest BCUT2D eigenvalue weighted by Gasteiger charge is 2.17. The topological polar surface area (TPSA) is 38.3 Å². The van der Waals surface area contributed by atoms with E-state index >= 15 is 0 Å². The Hall–Kier alpha value is -0.390. The van der Waals surface area contributed by atoms with Gasteiger partial charge in [-0.15, -0.1) is 0 Å². The number of rotatable bonds is 6. The van der Waals surface area contributed by atoms with Crippen molar-refractivity contribution in [2.24, 2.45) is 0 Å². The molecule has 1 aliphatic heterocycles. The number of halogens is 1. The van der Waals surface area contributed by atoms with E-state index in [-0.39, 0.29) is 5.25 Å². The average Bonchev–Trinajstić information content (AvgIpc) is 2.81.